The third-order valence-electron chi connectivity index (χ3n) is 3.15. The van der Waals surface area contributed by atoms with Crippen molar-refractivity contribution in [1.29, 1.82) is 0 Å². The number of rotatable bonds is 4. The average Bonchev–Trinajstić information content (AvgIpc) is 2.50. The molecule has 0 aliphatic carbocycles. The molecule has 2 nitrogen and oxygen atoms in total. The number of hydrogen-bond acceptors (Lipinski definition) is 2. The van der Waals surface area contributed by atoms with Gasteiger partial charge in [0, 0.05) is 10.5 Å². The van der Waals surface area contributed by atoms with Gasteiger partial charge < -0.3 is 5.32 Å². The number of amides is 1. The minimum Gasteiger partial charge on any atom is -0.346 e. The number of thioether (sulfide) groups is 1. The maximum Gasteiger partial charge on any atom is 0.251 e. The summed E-state index contributed by atoms with van der Waals surface area (Å²) < 4.78 is 26.0. The van der Waals surface area contributed by atoms with Crippen molar-refractivity contribution in [2.75, 3.05) is 6.26 Å². The van der Waals surface area contributed by atoms with Crippen LogP contribution in [0, 0.1) is 11.6 Å². The molecule has 2 aromatic rings. The summed E-state index contributed by atoms with van der Waals surface area (Å²) in [5.74, 6) is -2.43. The molecule has 1 atom stereocenters. The van der Waals surface area contributed by atoms with Crippen LogP contribution in [0.2, 0.25) is 0 Å². The van der Waals surface area contributed by atoms with Crippen LogP contribution in [0.1, 0.15) is 28.9 Å². The van der Waals surface area contributed by atoms with E-state index in [-0.39, 0.29) is 11.6 Å². The topological polar surface area (TPSA) is 29.1 Å². The lowest BCUT2D eigenvalue weighted by Gasteiger charge is -2.15. The minimum atomic E-state index is -1.03. The molecule has 0 aromatic heterocycles. The molecule has 0 heterocycles. The molecule has 0 aliphatic rings. The van der Waals surface area contributed by atoms with Crippen LogP contribution in [0.4, 0.5) is 8.78 Å². The second kappa shape index (κ2) is 6.72. The van der Waals surface area contributed by atoms with Crippen molar-refractivity contribution in [3.63, 3.8) is 0 Å². The number of nitrogens with one attached hydrogen (secondary N) is 1. The highest BCUT2D eigenvalue weighted by molar-refractivity contribution is 7.98. The summed E-state index contributed by atoms with van der Waals surface area (Å²) in [7, 11) is 0. The van der Waals surface area contributed by atoms with Crippen LogP contribution in [0.5, 0.6) is 0 Å². The van der Waals surface area contributed by atoms with Crippen molar-refractivity contribution in [3.05, 3.63) is 65.2 Å². The van der Waals surface area contributed by atoms with Crippen molar-refractivity contribution in [3.8, 4) is 0 Å². The van der Waals surface area contributed by atoms with E-state index >= 15 is 0 Å². The molecular weight excluding hydrogens is 292 g/mol. The molecule has 1 N–H and O–H groups in total. The van der Waals surface area contributed by atoms with Gasteiger partial charge in [0.15, 0.2) is 11.6 Å². The third kappa shape index (κ3) is 3.82. The van der Waals surface area contributed by atoms with E-state index in [0.29, 0.717) is 0 Å². The zero-order chi connectivity index (χ0) is 15.4. The second-order valence-corrected chi connectivity index (χ2v) is 5.48. The maximum atomic E-state index is 13.1. The molecule has 0 bridgehead atoms. The van der Waals surface area contributed by atoms with Crippen LogP contribution >= 0.6 is 11.8 Å². The summed E-state index contributed by atoms with van der Waals surface area (Å²) in [4.78, 5) is 13.1. The van der Waals surface area contributed by atoms with Gasteiger partial charge in [-0.25, -0.2) is 8.78 Å². The van der Waals surface area contributed by atoms with E-state index in [1.54, 1.807) is 11.8 Å². The van der Waals surface area contributed by atoms with E-state index in [0.717, 1.165) is 22.6 Å². The summed E-state index contributed by atoms with van der Waals surface area (Å²) in [5, 5.41) is 2.76. The zero-order valence-corrected chi connectivity index (χ0v) is 12.5. The van der Waals surface area contributed by atoms with Crippen molar-refractivity contribution >= 4 is 17.7 Å². The van der Waals surface area contributed by atoms with Gasteiger partial charge in [0.25, 0.3) is 5.91 Å². The summed E-state index contributed by atoms with van der Waals surface area (Å²) in [5.41, 5.74) is 1.05. The first-order chi connectivity index (χ1) is 10.0. The van der Waals surface area contributed by atoms with E-state index in [1.807, 2.05) is 37.4 Å². The van der Waals surface area contributed by atoms with Crippen LogP contribution in [0.3, 0.4) is 0 Å². The van der Waals surface area contributed by atoms with Gasteiger partial charge in [0.05, 0.1) is 6.04 Å². The van der Waals surface area contributed by atoms with Gasteiger partial charge >= 0.3 is 0 Å². The van der Waals surface area contributed by atoms with Crippen molar-refractivity contribution in [1.82, 2.24) is 5.32 Å². The molecule has 0 unspecified atom stereocenters. The van der Waals surface area contributed by atoms with Gasteiger partial charge in [-0.2, -0.15) is 0 Å². The van der Waals surface area contributed by atoms with Crippen molar-refractivity contribution in [2.45, 2.75) is 17.9 Å². The summed E-state index contributed by atoms with van der Waals surface area (Å²) >= 11 is 1.64. The van der Waals surface area contributed by atoms with Crippen LogP contribution in [0.15, 0.2) is 47.4 Å². The zero-order valence-electron chi connectivity index (χ0n) is 11.7. The molecule has 2 rings (SSSR count). The SMILES string of the molecule is CSc1ccc([C@H](C)NC(=O)c2ccc(F)c(F)c2)cc1. The average molecular weight is 307 g/mol. The largest absolute Gasteiger partial charge is 0.346 e. The molecule has 2 aromatic carbocycles. The Balaban J connectivity index is 2.08. The van der Waals surface area contributed by atoms with E-state index < -0.39 is 17.5 Å². The molecule has 0 spiro atoms. The van der Waals surface area contributed by atoms with E-state index in [9.17, 15) is 13.6 Å². The van der Waals surface area contributed by atoms with E-state index in [2.05, 4.69) is 5.32 Å². The predicted octanol–water partition coefficient (Wildman–Crippen LogP) is 4.18. The molecule has 0 saturated carbocycles. The molecule has 1 amide bonds. The van der Waals surface area contributed by atoms with Gasteiger partial charge in [0.1, 0.15) is 0 Å². The minimum absolute atomic E-state index is 0.0986. The van der Waals surface area contributed by atoms with E-state index in [1.165, 1.54) is 6.07 Å². The molecule has 21 heavy (non-hydrogen) atoms. The second-order valence-electron chi connectivity index (χ2n) is 4.60. The molecule has 0 radical (unpaired) electrons. The van der Waals surface area contributed by atoms with Gasteiger partial charge in [-0.1, -0.05) is 12.1 Å². The quantitative estimate of drug-likeness (QED) is 0.859. The number of benzene rings is 2. The lowest BCUT2D eigenvalue weighted by atomic mass is 10.1. The Morgan fingerprint density at radius 3 is 2.33 bits per heavy atom. The lowest BCUT2D eigenvalue weighted by Crippen LogP contribution is -2.26. The first-order valence-electron chi connectivity index (χ1n) is 6.41. The fourth-order valence-electron chi connectivity index (χ4n) is 1.89. The fraction of sp³-hybridized carbons (Fsp3) is 0.188. The highest BCUT2D eigenvalue weighted by Gasteiger charge is 2.13. The number of carbonyl (C=O) groups excluding carboxylic acids is 1. The number of hydrogen-bond donors (Lipinski definition) is 1. The standard InChI is InChI=1S/C16H15F2NOS/c1-10(11-3-6-13(21-2)7-4-11)19-16(20)12-5-8-14(17)15(18)9-12/h3-10H,1-2H3,(H,19,20)/t10-/m0/s1. The van der Waals surface area contributed by atoms with E-state index in [4.69, 9.17) is 0 Å². The summed E-state index contributed by atoms with van der Waals surface area (Å²) in [6.45, 7) is 1.84. The van der Waals surface area contributed by atoms with Gasteiger partial charge in [0.2, 0.25) is 0 Å². The van der Waals surface area contributed by atoms with Crippen LogP contribution in [0.25, 0.3) is 0 Å². The predicted molar refractivity (Wildman–Crippen MR) is 80.5 cm³/mol. The van der Waals surface area contributed by atoms with Crippen molar-refractivity contribution in [2.24, 2.45) is 0 Å². The number of carbonyl (C=O) groups is 1. The van der Waals surface area contributed by atoms with Crippen LogP contribution < -0.4 is 5.32 Å². The number of halogens is 2. The normalized spacial score (nSPS) is 12.0. The van der Waals surface area contributed by atoms with Gasteiger partial charge in [-0.05, 0) is 49.1 Å². The third-order valence-corrected chi connectivity index (χ3v) is 3.89. The molecule has 0 saturated heterocycles. The monoisotopic (exact) mass is 307 g/mol. The maximum absolute atomic E-state index is 13.1. The first-order valence-corrected chi connectivity index (χ1v) is 7.63. The Hall–Kier alpha value is -1.88. The summed E-state index contributed by atoms with van der Waals surface area (Å²) in [6.07, 6.45) is 1.99. The molecular formula is C16H15F2NOS. The smallest absolute Gasteiger partial charge is 0.251 e. The molecule has 5 heteroatoms. The Kier molecular flexibility index (Phi) is 4.96. The van der Waals surface area contributed by atoms with Gasteiger partial charge in [-0.3, -0.25) is 4.79 Å². The molecule has 110 valence electrons. The first kappa shape index (κ1) is 15.5. The summed E-state index contributed by atoms with van der Waals surface area (Å²) in [6, 6.07) is 10.7. The van der Waals surface area contributed by atoms with Gasteiger partial charge in [-0.15, -0.1) is 11.8 Å². The Morgan fingerprint density at radius 1 is 1.10 bits per heavy atom. The van der Waals surface area contributed by atoms with Crippen LogP contribution in [-0.4, -0.2) is 12.2 Å². The Bertz CT molecular complexity index is 643. The van der Waals surface area contributed by atoms with Crippen molar-refractivity contribution < 1.29 is 13.6 Å². The Morgan fingerprint density at radius 2 is 1.76 bits per heavy atom. The highest BCUT2D eigenvalue weighted by Crippen LogP contribution is 2.19. The molecule has 0 fully saturated rings. The fourth-order valence-corrected chi connectivity index (χ4v) is 2.30. The highest BCUT2D eigenvalue weighted by atomic mass is 32.2. The van der Waals surface area contributed by atoms with Crippen LogP contribution in [-0.2, 0) is 0 Å². The molecule has 0 aliphatic heterocycles. The lowest BCUT2D eigenvalue weighted by molar-refractivity contribution is 0.0939. The Labute approximate surface area is 126 Å².